The van der Waals surface area contributed by atoms with Gasteiger partial charge in [-0.2, -0.15) is 0 Å². The van der Waals surface area contributed by atoms with E-state index in [-0.39, 0.29) is 0 Å². The van der Waals surface area contributed by atoms with Gasteiger partial charge in [-0.05, 0) is 137 Å². The third-order valence-electron chi connectivity index (χ3n) is 20.9. The number of nitrogens with zero attached hydrogens (tertiary/aromatic N) is 6. The van der Waals surface area contributed by atoms with E-state index in [1.165, 1.54) is 66.4 Å². The van der Waals surface area contributed by atoms with Crippen LogP contribution < -0.4 is 0 Å². The van der Waals surface area contributed by atoms with Crippen LogP contribution in [0.1, 0.15) is 55.6 Å². The number of rotatable bonds is 14. The number of aromatic nitrogens is 6. The van der Waals surface area contributed by atoms with Crippen LogP contribution in [-0.4, -0.2) is 27.4 Å². The number of hydrogen-bond donors (Lipinski definition) is 0. The zero-order valence-electron chi connectivity index (χ0n) is 59.6. The molecule has 6 aromatic heterocycles. The van der Waals surface area contributed by atoms with Gasteiger partial charge in [-0.1, -0.05) is 275 Å². The summed E-state index contributed by atoms with van der Waals surface area (Å²) < 4.78 is 15.0. The van der Waals surface area contributed by atoms with Gasteiger partial charge in [0.15, 0.2) is 0 Å². The van der Waals surface area contributed by atoms with Crippen LogP contribution >= 0.6 is 0 Å². The summed E-state index contributed by atoms with van der Waals surface area (Å²) in [5.74, 6) is 0. The monoisotopic (exact) mass is 1320 g/mol. The SMILES string of the molecule is Cc1ccc(-c2cn(-c3c(-n4cc(-c5ccc(C)cc5)c(-c5ccc(C)cc5)c4)c(-n4cc(-c5ccc(C)cc5)c(-c5ccc(C)cc5)c4)c(-n4cc(C)c5ccccc54)c(-n4cc(C)c5ccccc54)c3-n3cc(-c4ccc(C)cc4)c(-c4ccc(C)cc4)c3)cc2-c2ccc(C)cc2)cc1. The van der Waals surface area contributed by atoms with E-state index < -0.39 is 0 Å². The van der Waals surface area contributed by atoms with Crippen LogP contribution in [-0.2, 0) is 0 Å². The lowest BCUT2D eigenvalue weighted by atomic mass is 9.98. The number of para-hydroxylation sites is 2. The quantitative estimate of drug-likeness (QED) is 0.104. The minimum absolute atomic E-state index is 0.961. The molecular weight excluding hydrogens is 1240 g/mol. The molecule has 0 unspecified atom stereocenters. The molecule has 17 aromatic rings. The third kappa shape index (κ3) is 11.3. The van der Waals surface area contributed by atoms with Gasteiger partial charge >= 0.3 is 0 Å². The van der Waals surface area contributed by atoms with E-state index in [1.54, 1.807) is 0 Å². The molecule has 17 rings (SSSR count). The molecule has 0 amide bonds. The van der Waals surface area contributed by atoms with E-state index in [0.29, 0.717) is 0 Å². The molecule has 0 spiro atoms. The van der Waals surface area contributed by atoms with Gasteiger partial charge in [0.25, 0.3) is 0 Å². The van der Waals surface area contributed by atoms with Crippen molar-refractivity contribution in [3.05, 3.63) is 360 Å². The molecule has 0 aliphatic heterocycles. The number of hydrogen-bond acceptors (Lipinski definition) is 0. The maximum absolute atomic E-state index is 2.52. The summed E-state index contributed by atoms with van der Waals surface area (Å²) >= 11 is 0. The van der Waals surface area contributed by atoms with Crippen molar-refractivity contribution in [1.29, 1.82) is 0 Å². The first-order chi connectivity index (χ1) is 49.6. The van der Waals surface area contributed by atoms with Crippen molar-refractivity contribution in [1.82, 2.24) is 27.4 Å². The van der Waals surface area contributed by atoms with E-state index in [4.69, 9.17) is 0 Å². The minimum Gasteiger partial charge on any atom is -0.319 e. The van der Waals surface area contributed by atoms with Gasteiger partial charge in [-0.15, -0.1) is 0 Å². The van der Waals surface area contributed by atoms with Gasteiger partial charge < -0.3 is 27.4 Å². The highest BCUT2D eigenvalue weighted by Crippen LogP contribution is 2.51. The first kappa shape index (κ1) is 63.1. The summed E-state index contributed by atoms with van der Waals surface area (Å²) in [6, 6.07) is 90.6. The van der Waals surface area contributed by atoms with E-state index in [1.807, 2.05) is 0 Å². The molecule has 0 atom stereocenters. The van der Waals surface area contributed by atoms with Gasteiger partial charge in [-0.3, -0.25) is 0 Å². The Morgan fingerprint density at radius 2 is 0.333 bits per heavy atom. The largest absolute Gasteiger partial charge is 0.319 e. The van der Waals surface area contributed by atoms with Crippen molar-refractivity contribution in [3.63, 3.8) is 0 Å². The Morgan fingerprint density at radius 3 is 0.520 bits per heavy atom. The Labute approximate surface area is 598 Å². The average molecular weight is 1320 g/mol. The summed E-state index contributed by atoms with van der Waals surface area (Å²) in [5.41, 5.74) is 37.9. The smallest absolute Gasteiger partial charge is 0.0986 e. The van der Waals surface area contributed by atoms with Crippen LogP contribution in [0.4, 0.5) is 0 Å². The van der Waals surface area contributed by atoms with Crippen LogP contribution in [0, 0.1) is 69.2 Å². The molecule has 0 aliphatic rings. The van der Waals surface area contributed by atoms with Crippen LogP contribution in [0.25, 0.3) is 145 Å². The molecule has 0 N–H and O–H groups in total. The zero-order valence-corrected chi connectivity index (χ0v) is 59.6. The molecule has 0 aliphatic carbocycles. The average Bonchev–Trinajstić information content (AvgIpc) is 1.45. The minimum atomic E-state index is 0.961. The second kappa shape index (κ2) is 25.4. The Morgan fingerprint density at radius 1 is 0.167 bits per heavy atom. The highest BCUT2D eigenvalue weighted by atomic mass is 15.2. The van der Waals surface area contributed by atoms with Crippen molar-refractivity contribution >= 4 is 21.8 Å². The molecule has 6 nitrogen and oxygen atoms in total. The van der Waals surface area contributed by atoms with Crippen molar-refractivity contribution in [2.24, 2.45) is 0 Å². The molecule has 0 radical (unpaired) electrons. The lowest BCUT2D eigenvalue weighted by Gasteiger charge is -2.30. The molecule has 11 aromatic carbocycles. The van der Waals surface area contributed by atoms with E-state index >= 15 is 0 Å². The fraction of sp³-hybridized carbons (Fsp3) is 0.104. The Hall–Kier alpha value is -12.4. The fourth-order valence-corrected chi connectivity index (χ4v) is 15.2. The van der Waals surface area contributed by atoms with Crippen LogP contribution in [0.15, 0.2) is 305 Å². The molecule has 6 heteroatoms. The summed E-state index contributed by atoms with van der Waals surface area (Å²) in [6.07, 6.45) is 24.2. The summed E-state index contributed by atoms with van der Waals surface area (Å²) in [4.78, 5) is 0. The number of aryl methyl sites for hydroxylation is 10. The molecule has 102 heavy (non-hydrogen) atoms. The molecule has 0 bridgehead atoms. The van der Waals surface area contributed by atoms with E-state index in [0.717, 1.165) is 134 Å². The Balaban J connectivity index is 1.17. The highest BCUT2D eigenvalue weighted by Gasteiger charge is 2.35. The molecule has 0 saturated carbocycles. The Bertz CT molecular complexity index is 5390. The molecule has 494 valence electrons. The van der Waals surface area contributed by atoms with Gasteiger partial charge in [0.05, 0.1) is 45.2 Å². The van der Waals surface area contributed by atoms with Crippen molar-refractivity contribution < 1.29 is 0 Å². The van der Waals surface area contributed by atoms with E-state index in [9.17, 15) is 0 Å². The molecule has 6 heterocycles. The topological polar surface area (TPSA) is 29.6 Å². The zero-order chi connectivity index (χ0) is 69.6. The predicted octanol–water partition coefficient (Wildman–Crippen LogP) is 25.2. The third-order valence-corrected chi connectivity index (χ3v) is 20.9. The van der Waals surface area contributed by atoms with Gasteiger partial charge in [0.1, 0.15) is 0 Å². The second-order valence-corrected chi connectivity index (χ2v) is 28.4. The first-order valence-electron chi connectivity index (χ1n) is 35.5. The van der Waals surface area contributed by atoms with Gasteiger partial charge in [0.2, 0.25) is 0 Å². The lowest BCUT2D eigenvalue weighted by Crippen LogP contribution is -2.18. The van der Waals surface area contributed by atoms with Crippen molar-refractivity contribution in [2.75, 3.05) is 0 Å². The molecule has 0 fully saturated rings. The van der Waals surface area contributed by atoms with Gasteiger partial charge in [0, 0.05) is 117 Å². The number of benzene rings is 11. The molecule has 0 saturated heterocycles. The summed E-state index contributed by atoms with van der Waals surface area (Å²) in [7, 11) is 0. The number of fused-ring (bicyclic) bond motifs is 2. The summed E-state index contributed by atoms with van der Waals surface area (Å²) in [6.45, 7) is 22.0. The summed E-state index contributed by atoms with van der Waals surface area (Å²) in [5, 5.41) is 2.35. The van der Waals surface area contributed by atoms with Crippen molar-refractivity contribution in [2.45, 2.75) is 69.2 Å². The van der Waals surface area contributed by atoms with Crippen LogP contribution in [0.3, 0.4) is 0 Å². The van der Waals surface area contributed by atoms with Gasteiger partial charge in [-0.25, -0.2) is 0 Å². The lowest BCUT2D eigenvalue weighted by molar-refractivity contribution is 0.900. The van der Waals surface area contributed by atoms with Crippen LogP contribution in [0.5, 0.6) is 0 Å². The highest BCUT2D eigenvalue weighted by molar-refractivity contribution is 5.99. The maximum Gasteiger partial charge on any atom is 0.0986 e. The van der Waals surface area contributed by atoms with E-state index in [2.05, 4.69) is 401 Å². The Kier molecular flexibility index (Phi) is 15.7. The fourth-order valence-electron chi connectivity index (χ4n) is 15.2. The maximum atomic E-state index is 2.52. The predicted molar refractivity (Wildman–Crippen MR) is 428 cm³/mol. The first-order valence-corrected chi connectivity index (χ1v) is 35.5. The van der Waals surface area contributed by atoms with Crippen LogP contribution in [0.2, 0.25) is 0 Å². The molecular formula is C96H80N6. The normalized spacial score (nSPS) is 11.6. The second-order valence-electron chi connectivity index (χ2n) is 28.4. The standard InChI is InChI=1S/C96H80N6/c1-61-19-35-71(36-20-61)81-53-97(54-82(81)72-37-21-62(2)22-38-72)91-92(98-55-83(73-39-23-63(3)24-40-73)84(56-98)74-41-25-64(4)26-42-74)94(100-59-87(77-47-31-67(7)32-48-77)88(60-100)78-49-33-68(8)34-50-78)96(102-52-70(10)80-16-12-14-18-90(80)102)95(101-51-69(9)79-15-11-13-17-89(79)101)93(91)99-57-85(75-43-27-65(5)28-44-75)86(58-99)76-45-29-66(6)30-46-76/h11-60H,1-10H3. The van der Waals surface area contributed by atoms with Crippen molar-refractivity contribution in [3.8, 4) is 123 Å².